The highest BCUT2D eigenvalue weighted by atomic mass is 35.5. The molecule has 1 aromatic heterocycles. The number of aliphatic imine (C=N–C) groups is 1. The molecule has 168 valence electrons. The van der Waals surface area contributed by atoms with Crippen LogP contribution in [0, 0.1) is 10.1 Å². The van der Waals surface area contributed by atoms with Crippen molar-refractivity contribution in [2.75, 3.05) is 0 Å². The number of amides is 1. The Kier molecular flexibility index (Phi) is 5.91. The Labute approximate surface area is 203 Å². The maximum Gasteiger partial charge on any atom is 0.269 e. The average molecular weight is 489 g/mol. The molecular formula is C25H17ClN4O3S. The summed E-state index contributed by atoms with van der Waals surface area (Å²) in [5, 5.41) is 15.7. The number of nitrogens with zero attached hydrogens (tertiary/aromatic N) is 3. The van der Waals surface area contributed by atoms with E-state index < -0.39 is 4.92 Å². The first-order valence-electron chi connectivity index (χ1n) is 10.3. The molecule has 0 unspecified atom stereocenters. The first-order valence-corrected chi connectivity index (χ1v) is 11.5. The van der Waals surface area contributed by atoms with Crippen LogP contribution in [0.2, 0.25) is 5.02 Å². The number of nitro benzene ring substituents is 1. The fraction of sp³-hybridized carbons (Fsp3) is 0.0400. The van der Waals surface area contributed by atoms with Crippen LogP contribution in [0.4, 0.5) is 11.4 Å². The number of para-hydroxylation sites is 2. The summed E-state index contributed by atoms with van der Waals surface area (Å²) in [4.78, 5) is 28.1. The smallest absolute Gasteiger partial charge is 0.269 e. The molecule has 0 saturated carbocycles. The van der Waals surface area contributed by atoms with Crippen LogP contribution in [-0.2, 0) is 11.3 Å². The number of nitrogens with one attached hydrogen (secondary N) is 1. The van der Waals surface area contributed by atoms with Gasteiger partial charge in [-0.05, 0) is 41.6 Å². The molecule has 0 aliphatic carbocycles. The number of amidine groups is 1. The Hall–Kier alpha value is -3.88. The minimum atomic E-state index is -0.410. The molecule has 4 aromatic rings. The van der Waals surface area contributed by atoms with Gasteiger partial charge in [-0.15, -0.1) is 0 Å². The summed E-state index contributed by atoms with van der Waals surface area (Å²) in [6, 6.07) is 21.6. The molecule has 0 atom stereocenters. The van der Waals surface area contributed by atoms with Gasteiger partial charge in [0.1, 0.15) is 0 Å². The minimum absolute atomic E-state index is 0.0602. The van der Waals surface area contributed by atoms with E-state index in [9.17, 15) is 14.9 Å². The van der Waals surface area contributed by atoms with E-state index in [2.05, 4.69) is 14.9 Å². The third-order valence-corrected chi connectivity index (χ3v) is 6.56. The molecule has 3 aromatic carbocycles. The van der Waals surface area contributed by atoms with Crippen LogP contribution in [0.25, 0.3) is 17.0 Å². The fourth-order valence-corrected chi connectivity index (χ4v) is 4.72. The summed E-state index contributed by atoms with van der Waals surface area (Å²) in [5.74, 6) is -0.219. The average Bonchev–Trinajstić information content (AvgIpc) is 3.35. The van der Waals surface area contributed by atoms with Crippen LogP contribution < -0.4 is 5.32 Å². The van der Waals surface area contributed by atoms with Gasteiger partial charge in [-0.2, -0.15) is 0 Å². The highest BCUT2D eigenvalue weighted by Crippen LogP contribution is 2.32. The SMILES string of the molecule is O=C1NC(=Nc2ccccc2Cl)S/C1=C/c1cn(Cc2ccc([N+](=O)[O-])cc2)c2ccccc12. The summed E-state index contributed by atoms with van der Waals surface area (Å²) < 4.78 is 2.07. The van der Waals surface area contributed by atoms with Crippen molar-refractivity contribution in [3.8, 4) is 0 Å². The summed E-state index contributed by atoms with van der Waals surface area (Å²) in [6.45, 7) is 0.542. The largest absolute Gasteiger partial charge is 0.342 e. The highest BCUT2D eigenvalue weighted by molar-refractivity contribution is 8.18. The van der Waals surface area contributed by atoms with E-state index in [-0.39, 0.29) is 11.6 Å². The normalized spacial score (nSPS) is 15.9. The van der Waals surface area contributed by atoms with Crippen molar-refractivity contribution in [3.05, 3.63) is 110 Å². The van der Waals surface area contributed by atoms with Crippen molar-refractivity contribution in [2.45, 2.75) is 6.54 Å². The summed E-state index contributed by atoms with van der Waals surface area (Å²) in [6.07, 6.45) is 3.83. The monoisotopic (exact) mass is 488 g/mol. The first-order chi connectivity index (χ1) is 16.5. The second-order valence-electron chi connectivity index (χ2n) is 7.59. The number of hydrogen-bond acceptors (Lipinski definition) is 5. The molecule has 1 aliphatic heterocycles. The zero-order valence-corrected chi connectivity index (χ0v) is 19.2. The van der Waals surface area contributed by atoms with Gasteiger partial charge in [0, 0.05) is 41.3 Å². The van der Waals surface area contributed by atoms with Crippen molar-refractivity contribution in [2.24, 2.45) is 4.99 Å². The van der Waals surface area contributed by atoms with E-state index in [1.165, 1.54) is 23.9 Å². The minimum Gasteiger partial charge on any atom is -0.342 e. The second-order valence-corrected chi connectivity index (χ2v) is 9.02. The zero-order chi connectivity index (χ0) is 23.7. The molecule has 7 nitrogen and oxygen atoms in total. The number of rotatable bonds is 5. The summed E-state index contributed by atoms with van der Waals surface area (Å²) in [7, 11) is 0. The number of halogens is 1. The number of thioether (sulfide) groups is 1. The lowest BCUT2D eigenvalue weighted by Crippen LogP contribution is -2.19. The summed E-state index contributed by atoms with van der Waals surface area (Å²) in [5.41, 5.74) is 3.49. The molecule has 1 aliphatic rings. The Morgan fingerprint density at radius 1 is 1.06 bits per heavy atom. The van der Waals surface area contributed by atoms with Crippen molar-refractivity contribution < 1.29 is 9.72 Å². The molecular weight excluding hydrogens is 472 g/mol. The lowest BCUT2D eigenvalue weighted by molar-refractivity contribution is -0.384. The molecule has 1 N–H and O–H groups in total. The fourth-order valence-electron chi connectivity index (χ4n) is 3.71. The predicted octanol–water partition coefficient (Wildman–Crippen LogP) is 6.14. The van der Waals surface area contributed by atoms with Crippen molar-refractivity contribution in [3.63, 3.8) is 0 Å². The van der Waals surface area contributed by atoms with E-state index >= 15 is 0 Å². The van der Waals surface area contributed by atoms with Crippen molar-refractivity contribution in [1.82, 2.24) is 9.88 Å². The van der Waals surface area contributed by atoms with Gasteiger partial charge in [-0.3, -0.25) is 14.9 Å². The molecule has 0 radical (unpaired) electrons. The summed E-state index contributed by atoms with van der Waals surface area (Å²) >= 11 is 7.45. The Balaban J connectivity index is 1.46. The molecule has 1 fully saturated rings. The van der Waals surface area contributed by atoms with Gasteiger partial charge in [0.25, 0.3) is 11.6 Å². The number of fused-ring (bicyclic) bond motifs is 1. The maximum atomic E-state index is 12.6. The Morgan fingerprint density at radius 2 is 1.79 bits per heavy atom. The van der Waals surface area contributed by atoms with Crippen LogP contribution in [-0.4, -0.2) is 20.6 Å². The zero-order valence-electron chi connectivity index (χ0n) is 17.6. The number of benzene rings is 3. The quantitative estimate of drug-likeness (QED) is 0.207. The Bertz CT molecular complexity index is 1490. The molecule has 34 heavy (non-hydrogen) atoms. The maximum absolute atomic E-state index is 12.6. The van der Waals surface area contributed by atoms with Crippen LogP contribution >= 0.6 is 23.4 Å². The third kappa shape index (κ3) is 4.46. The van der Waals surface area contributed by atoms with E-state index in [4.69, 9.17) is 11.6 Å². The molecule has 1 saturated heterocycles. The van der Waals surface area contributed by atoms with Gasteiger partial charge in [0.15, 0.2) is 5.17 Å². The first kappa shape index (κ1) is 21.9. The standard InChI is InChI=1S/C25H17ClN4O3S/c26-20-6-2-3-7-21(20)27-25-28-24(31)23(34-25)13-17-15-29(22-8-4-1-5-19(17)22)14-16-9-11-18(12-10-16)30(32)33/h1-13,15H,14H2,(H,27,28,31)/b23-13+. The molecule has 0 spiro atoms. The lowest BCUT2D eigenvalue weighted by atomic mass is 10.1. The molecule has 2 heterocycles. The van der Waals surface area contributed by atoms with Crippen molar-refractivity contribution in [1.29, 1.82) is 0 Å². The van der Waals surface area contributed by atoms with Gasteiger partial charge < -0.3 is 9.88 Å². The highest BCUT2D eigenvalue weighted by Gasteiger charge is 2.24. The van der Waals surface area contributed by atoms with Crippen LogP contribution in [0.5, 0.6) is 0 Å². The lowest BCUT2D eigenvalue weighted by Gasteiger charge is -2.05. The van der Waals surface area contributed by atoms with E-state index in [1.807, 2.05) is 48.7 Å². The number of nitro groups is 1. The number of carbonyl (C=O) groups excluding carboxylic acids is 1. The molecule has 5 rings (SSSR count). The van der Waals surface area contributed by atoms with E-state index in [1.54, 1.807) is 24.3 Å². The van der Waals surface area contributed by atoms with Gasteiger partial charge >= 0.3 is 0 Å². The predicted molar refractivity (Wildman–Crippen MR) is 136 cm³/mol. The van der Waals surface area contributed by atoms with Gasteiger partial charge in [-0.25, -0.2) is 4.99 Å². The molecule has 9 heteroatoms. The number of hydrogen-bond donors (Lipinski definition) is 1. The van der Waals surface area contributed by atoms with Crippen LogP contribution in [0.1, 0.15) is 11.1 Å². The third-order valence-electron chi connectivity index (χ3n) is 5.33. The van der Waals surface area contributed by atoms with Crippen LogP contribution in [0.3, 0.4) is 0 Å². The van der Waals surface area contributed by atoms with Crippen molar-refractivity contribution >= 4 is 62.8 Å². The Morgan fingerprint density at radius 3 is 2.56 bits per heavy atom. The topological polar surface area (TPSA) is 89.5 Å². The van der Waals surface area contributed by atoms with Crippen LogP contribution in [0.15, 0.2) is 88.9 Å². The number of aromatic nitrogens is 1. The van der Waals surface area contributed by atoms with E-state index in [0.29, 0.717) is 27.3 Å². The number of carbonyl (C=O) groups is 1. The van der Waals surface area contributed by atoms with Gasteiger partial charge in [0.05, 0.1) is 20.5 Å². The number of non-ortho nitro benzene ring substituents is 1. The molecule has 0 bridgehead atoms. The van der Waals surface area contributed by atoms with Gasteiger partial charge in [-0.1, -0.05) is 54.1 Å². The molecule has 1 amide bonds. The van der Waals surface area contributed by atoms with Gasteiger partial charge in [0.2, 0.25) is 0 Å². The van der Waals surface area contributed by atoms with E-state index in [0.717, 1.165) is 22.0 Å². The second kappa shape index (κ2) is 9.17.